The highest BCUT2D eigenvalue weighted by atomic mass is 32.1. The van der Waals surface area contributed by atoms with Crippen molar-refractivity contribution in [1.82, 2.24) is 5.43 Å². The Labute approximate surface area is 143 Å². The predicted octanol–water partition coefficient (Wildman–Crippen LogP) is 3.77. The van der Waals surface area contributed by atoms with Crippen molar-refractivity contribution in [1.29, 1.82) is 0 Å². The molecule has 0 aliphatic rings. The van der Waals surface area contributed by atoms with Crippen molar-refractivity contribution in [2.24, 2.45) is 5.10 Å². The Morgan fingerprint density at radius 2 is 2.12 bits per heavy atom. The number of amides is 1. The molecule has 2 N–H and O–H groups in total. The van der Waals surface area contributed by atoms with E-state index in [1.165, 1.54) is 17.6 Å². The van der Waals surface area contributed by atoms with Gasteiger partial charge in [-0.25, -0.2) is 5.43 Å². The van der Waals surface area contributed by atoms with Gasteiger partial charge in [-0.1, -0.05) is 24.3 Å². The van der Waals surface area contributed by atoms with Gasteiger partial charge < -0.3 is 9.84 Å². The lowest BCUT2D eigenvalue weighted by molar-refractivity contribution is 0.0959. The number of hydrogen-bond donors (Lipinski definition) is 2. The van der Waals surface area contributed by atoms with Crippen LogP contribution in [0, 0.1) is 0 Å². The fourth-order valence-electron chi connectivity index (χ4n) is 2.22. The zero-order chi connectivity index (χ0) is 16.9. The minimum Gasteiger partial charge on any atom is -0.504 e. The molecule has 0 fully saturated rings. The molecule has 1 heterocycles. The van der Waals surface area contributed by atoms with Crippen molar-refractivity contribution in [2.75, 3.05) is 6.61 Å². The first-order valence-corrected chi connectivity index (χ1v) is 8.27. The topological polar surface area (TPSA) is 70.9 Å². The van der Waals surface area contributed by atoms with Gasteiger partial charge in [0, 0.05) is 10.3 Å². The molecule has 2 aromatic carbocycles. The number of fused-ring (bicyclic) bond motifs is 1. The fourth-order valence-corrected chi connectivity index (χ4v) is 3.18. The minimum absolute atomic E-state index is 0.000730. The summed E-state index contributed by atoms with van der Waals surface area (Å²) in [4.78, 5) is 12.7. The molecule has 0 saturated heterocycles. The molecule has 122 valence electrons. The van der Waals surface area contributed by atoms with Crippen LogP contribution in [0.15, 0.2) is 53.6 Å². The van der Waals surface area contributed by atoms with E-state index in [1.54, 1.807) is 18.2 Å². The van der Waals surface area contributed by atoms with Crippen LogP contribution in [0.1, 0.15) is 22.2 Å². The molecular weight excluding hydrogens is 324 g/mol. The highest BCUT2D eigenvalue weighted by Crippen LogP contribution is 2.28. The van der Waals surface area contributed by atoms with E-state index in [0.29, 0.717) is 22.8 Å². The Kier molecular flexibility index (Phi) is 4.77. The summed E-state index contributed by atoms with van der Waals surface area (Å²) in [5.41, 5.74) is 2.95. The summed E-state index contributed by atoms with van der Waals surface area (Å²) in [7, 11) is 0. The van der Waals surface area contributed by atoms with Gasteiger partial charge in [-0.2, -0.15) is 5.10 Å². The number of thiophene rings is 1. The molecule has 1 aromatic heterocycles. The van der Waals surface area contributed by atoms with Crippen molar-refractivity contribution >= 4 is 33.5 Å². The molecule has 0 atom stereocenters. The molecule has 6 heteroatoms. The number of carbonyl (C=O) groups excluding carboxylic acids is 1. The van der Waals surface area contributed by atoms with Crippen LogP contribution >= 0.6 is 11.3 Å². The van der Waals surface area contributed by atoms with Gasteiger partial charge in [0.25, 0.3) is 5.91 Å². The molecule has 0 aliphatic heterocycles. The van der Waals surface area contributed by atoms with Gasteiger partial charge in [-0.05, 0) is 36.6 Å². The summed E-state index contributed by atoms with van der Waals surface area (Å²) < 4.78 is 6.36. The highest BCUT2D eigenvalue weighted by Gasteiger charge is 2.09. The zero-order valence-corrected chi connectivity index (χ0v) is 13.8. The average Bonchev–Trinajstić information content (AvgIpc) is 3.02. The van der Waals surface area contributed by atoms with E-state index in [0.717, 1.165) is 10.1 Å². The van der Waals surface area contributed by atoms with Gasteiger partial charge >= 0.3 is 0 Å². The second kappa shape index (κ2) is 7.14. The maximum atomic E-state index is 12.2. The van der Waals surface area contributed by atoms with Gasteiger partial charge in [0.05, 0.1) is 17.7 Å². The number of hydrazone groups is 1. The Balaban J connectivity index is 1.72. The molecule has 3 aromatic rings. The van der Waals surface area contributed by atoms with Crippen LogP contribution in [0.25, 0.3) is 10.1 Å². The number of aromatic hydroxyl groups is 1. The van der Waals surface area contributed by atoms with Gasteiger partial charge in [0.2, 0.25) is 0 Å². The molecule has 5 nitrogen and oxygen atoms in total. The first kappa shape index (κ1) is 16.0. The smallest absolute Gasteiger partial charge is 0.281 e. The van der Waals surface area contributed by atoms with E-state index >= 15 is 0 Å². The lowest BCUT2D eigenvalue weighted by Gasteiger charge is -2.07. The number of benzene rings is 2. The highest BCUT2D eigenvalue weighted by molar-refractivity contribution is 7.20. The second-order valence-electron chi connectivity index (χ2n) is 4.97. The van der Waals surface area contributed by atoms with Crippen molar-refractivity contribution in [3.8, 4) is 11.5 Å². The molecule has 0 bridgehead atoms. The zero-order valence-electron chi connectivity index (χ0n) is 13.0. The van der Waals surface area contributed by atoms with Crippen LogP contribution in [-0.2, 0) is 0 Å². The third-order valence-corrected chi connectivity index (χ3v) is 4.46. The number of rotatable bonds is 5. The normalized spacial score (nSPS) is 11.0. The van der Waals surface area contributed by atoms with E-state index in [1.807, 2.05) is 37.3 Å². The summed E-state index contributed by atoms with van der Waals surface area (Å²) in [6.07, 6.45) is 1.39. The summed E-state index contributed by atoms with van der Waals surface area (Å²) in [5, 5.41) is 15.0. The third-order valence-electron chi connectivity index (χ3n) is 3.35. The molecule has 0 aliphatic carbocycles. The summed E-state index contributed by atoms with van der Waals surface area (Å²) in [6, 6.07) is 14.7. The van der Waals surface area contributed by atoms with Gasteiger partial charge in [0.15, 0.2) is 11.5 Å². The molecule has 24 heavy (non-hydrogen) atoms. The number of nitrogens with zero attached hydrogens (tertiary/aromatic N) is 1. The number of carbonyl (C=O) groups is 1. The van der Waals surface area contributed by atoms with Crippen molar-refractivity contribution in [3.05, 3.63) is 59.0 Å². The fraction of sp³-hybridized carbons (Fsp3) is 0.111. The van der Waals surface area contributed by atoms with E-state index in [4.69, 9.17) is 4.74 Å². The van der Waals surface area contributed by atoms with E-state index in [2.05, 4.69) is 10.5 Å². The summed E-state index contributed by atoms with van der Waals surface area (Å²) in [5.74, 6) is 0.101. The van der Waals surface area contributed by atoms with E-state index in [9.17, 15) is 9.90 Å². The lowest BCUT2D eigenvalue weighted by Crippen LogP contribution is -2.16. The van der Waals surface area contributed by atoms with Gasteiger partial charge in [0.1, 0.15) is 0 Å². The molecule has 1 amide bonds. The minimum atomic E-state index is -0.284. The molecular formula is C18H16N2O3S. The van der Waals surface area contributed by atoms with Crippen LogP contribution in [0.3, 0.4) is 0 Å². The van der Waals surface area contributed by atoms with Crippen molar-refractivity contribution in [3.63, 3.8) is 0 Å². The van der Waals surface area contributed by atoms with Gasteiger partial charge in [-0.3, -0.25) is 4.79 Å². The maximum Gasteiger partial charge on any atom is 0.281 e. The maximum absolute atomic E-state index is 12.2. The Morgan fingerprint density at radius 1 is 1.29 bits per heavy atom. The summed E-state index contributed by atoms with van der Waals surface area (Å²) >= 11 is 1.41. The molecule has 0 spiro atoms. The van der Waals surface area contributed by atoms with Crippen LogP contribution < -0.4 is 10.2 Å². The largest absolute Gasteiger partial charge is 0.504 e. The predicted molar refractivity (Wildman–Crippen MR) is 96.2 cm³/mol. The molecule has 0 saturated carbocycles. The standard InChI is InChI=1S/C18H16N2O3S/c1-2-23-14-8-5-7-13(17(14)21)11-19-20-18(22)16-10-12-6-3-4-9-15(12)24-16/h3-11,21H,2H2,1H3,(H,20,22)/b19-11+. The average molecular weight is 340 g/mol. The van der Waals surface area contributed by atoms with Crippen LogP contribution in [0.2, 0.25) is 0 Å². The Hall–Kier alpha value is -2.86. The van der Waals surface area contributed by atoms with E-state index < -0.39 is 0 Å². The number of phenols is 1. The molecule has 3 rings (SSSR count). The number of para-hydroxylation sites is 1. The quantitative estimate of drug-likeness (QED) is 0.549. The van der Waals surface area contributed by atoms with Crippen molar-refractivity contribution in [2.45, 2.75) is 6.92 Å². The monoisotopic (exact) mass is 340 g/mol. The number of ether oxygens (including phenoxy) is 1. The van der Waals surface area contributed by atoms with Gasteiger partial charge in [-0.15, -0.1) is 11.3 Å². The van der Waals surface area contributed by atoms with Crippen LogP contribution in [0.4, 0.5) is 0 Å². The first-order chi connectivity index (χ1) is 11.7. The molecule has 0 unspecified atom stereocenters. The third kappa shape index (κ3) is 3.38. The molecule has 0 radical (unpaired) electrons. The second-order valence-corrected chi connectivity index (χ2v) is 6.06. The lowest BCUT2D eigenvalue weighted by atomic mass is 10.2. The summed E-state index contributed by atoms with van der Waals surface area (Å²) in [6.45, 7) is 2.29. The Bertz CT molecular complexity index is 869. The Morgan fingerprint density at radius 3 is 2.92 bits per heavy atom. The van der Waals surface area contributed by atoms with Crippen LogP contribution in [0.5, 0.6) is 11.5 Å². The number of hydrogen-bond acceptors (Lipinski definition) is 5. The van der Waals surface area contributed by atoms with Crippen LogP contribution in [-0.4, -0.2) is 23.8 Å². The number of nitrogens with one attached hydrogen (secondary N) is 1. The number of phenolic OH excluding ortho intramolecular Hbond substituents is 1. The first-order valence-electron chi connectivity index (χ1n) is 7.46. The van der Waals surface area contributed by atoms with Crippen molar-refractivity contribution < 1.29 is 14.6 Å². The van der Waals surface area contributed by atoms with E-state index in [-0.39, 0.29) is 11.7 Å². The SMILES string of the molecule is CCOc1cccc(/C=N/NC(=O)c2cc3ccccc3s2)c1O.